The number of aliphatic hydroxyl groups is 1. The second-order valence-electron chi connectivity index (χ2n) is 4.48. The first-order chi connectivity index (χ1) is 7.14. The highest BCUT2D eigenvalue weighted by atomic mass is 32.2. The van der Waals surface area contributed by atoms with Crippen molar-refractivity contribution in [3.63, 3.8) is 0 Å². The van der Waals surface area contributed by atoms with Crippen LogP contribution < -0.4 is 0 Å². The third-order valence-corrected chi connectivity index (χ3v) is 4.99. The molecule has 1 heterocycles. The number of aryl methyl sites for hydroxylation is 1. The standard InChI is InChI=1S/C9H17N3O3S/c1-9(2,16(4,14)15)8(13)5-7-6-12(3)11-10-7/h6,8,13H,5H2,1-4H3. The summed E-state index contributed by atoms with van der Waals surface area (Å²) in [6, 6.07) is 0. The normalized spacial score (nSPS) is 15.1. The van der Waals surface area contributed by atoms with Crippen LogP contribution in [0.15, 0.2) is 6.20 Å². The van der Waals surface area contributed by atoms with Crippen LogP contribution in [0.2, 0.25) is 0 Å². The maximum atomic E-state index is 11.5. The van der Waals surface area contributed by atoms with Crippen LogP contribution in [0, 0.1) is 0 Å². The second kappa shape index (κ2) is 4.14. The van der Waals surface area contributed by atoms with Crippen LogP contribution in [0.1, 0.15) is 19.5 Å². The first kappa shape index (κ1) is 13.1. The number of sulfone groups is 1. The van der Waals surface area contributed by atoms with Gasteiger partial charge in [-0.05, 0) is 13.8 Å². The summed E-state index contributed by atoms with van der Waals surface area (Å²) in [5.41, 5.74) is 0.576. The predicted molar refractivity (Wildman–Crippen MR) is 59.6 cm³/mol. The van der Waals surface area contributed by atoms with Gasteiger partial charge in [0.2, 0.25) is 0 Å². The highest BCUT2D eigenvalue weighted by Crippen LogP contribution is 2.22. The molecule has 16 heavy (non-hydrogen) atoms. The van der Waals surface area contributed by atoms with Crippen molar-refractivity contribution in [1.82, 2.24) is 15.0 Å². The smallest absolute Gasteiger partial charge is 0.155 e. The monoisotopic (exact) mass is 247 g/mol. The van der Waals surface area contributed by atoms with Crippen LogP contribution >= 0.6 is 0 Å². The summed E-state index contributed by atoms with van der Waals surface area (Å²) in [4.78, 5) is 0. The number of rotatable bonds is 4. The third-order valence-electron chi connectivity index (χ3n) is 2.81. The zero-order chi connectivity index (χ0) is 12.6. The summed E-state index contributed by atoms with van der Waals surface area (Å²) < 4.78 is 23.3. The molecule has 0 aromatic carbocycles. The first-order valence-corrected chi connectivity index (χ1v) is 6.76. The second-order valence-corrected chi connectivity index (χ2v) is 7.08. The fourth-order valence-corrected chi connectivity index (χ4v) is 1.76. The molecule has 0 saturated carbocycles. The minimum atomic E-state index is -3.32. The van der Waals surface area contributed by atoms with Gasteiger partial charge in [0.05, 0.1) is 16.5 Å². The van der Waals surface area contributed by atoms with Crippen molar-refractivity contribution >= 4 is 9.84 Å². The van der Waals surface area contributed by atoms with Gasteiger partial charge in [-0.1, -0.05) is 5.21 Å². The Balaban J connectivity index is 2.84. The Kier molecular flexibility index (Phi) is 3.39. The number of hydrogen-bond donors (Lipinski definition) is 1. The Morgan fingerprint density at radius 2 is 2.12 bits per heavy atom. The molecule has 0 aliphatic carbocycles. The summed E-state index contributed by atoms with van der Waals surface area (Å²) in [7, 11) is -1.61. The minimum absolute atomic E-state index is 0.175. The molecule has 0 fully saturated rings. The van der Waals surface area contributed by atoms with E-state index in [1.165, 1.54) is 18.5 Å². The van der Waals surface area contributed by atoms with E-state index in [4.69, 9.17) is 0 Å². The fraction of sp³-hybridized carbons (Fsp3) is 0.778. The van der Waals surface area contributed by atoms with E-state index in [0.717, 1.165) is 6.26 Å². The molecule has 0 amide bonds. The van der Waals surface area contributed by atoms with Gasteiger partial charge in [0, 0.05) is 25.9 Å². The van der Waals surface area contributed by atoms with Crippen LogP contribution in [0.4, 0.5) is 0 Å². The van der Waals surface area contributed by atoms with Crippen LogP contribution in [-0.4, -0.2) is 45.6 Å². The molecule has 1 unspecified atom stereocenters. The molecule has 7 heteroatoms. The van der Waals surface area contributed by atoms with Crippen molar-refractivity contribution in [2.24, 2.45) is 7.05 Å². The van der Waals surface area contributed by atoms with Crippen LogP contribution in [0.25, 0.3) is 0 Å². The predicted octanol–water partition coefficient (Wildman–Crippen LogP) is -0.458. The summed E-state index contributed by atoms with van der Waals surface area (Å²) in [6.45, 7) is 3.01. The van der Waals surface area contributed by atoms with E-state index in [-0.39, 0.29) is 6.42 Å². The third kappa shape index (κ3) is 2.59. The fourth-order valence-electron chi connectivity index (χ4n) is 1.18. The van der Waals surface area contributed by atoms with Crippen molar-refractivity contribution in [1.29, 1.82) is 0 Å². The molecule has 0 spiro atoms. The van der Waals surface area contributed by atoms with Gasteiger partial charge in [-0.25, -0.2) is 8.42 Å². The molecule has 1 aromatic heterocycles. The maximum absolute atomic E-state index is 11.5. The minimum Gasteiger partial charge on any atom is -0.391 e. The molecule has 0 saturated heterocycles. The molecule has 0 aliphatic rings. The lowest BCUT2D eigenvalue weighted by Gasteiger charge is -2.27. The number of hydrogen-bond acceptors (Lipinski definition) is 5. The molecule has 1 aromatic rings. The molecule has 1 N–H and O–H groups in total. The lowest BCUT2D eigenvalue weighted by atomic mass is 10.0. The molecule has 1 rings (SSSR count). The molecule has 92 valence electrons. The Hall–Kier alpha value is -0.950. The molecule has 0 radical (unpaired) electrons. The Morgan fingerprint density at radius 1 is 1.56 bits per heavy atom. The van der Waals surface area contributed by atoms with Crippen molar-refractivity contribution in [3.8, 4) is 0 Å². The largest absolute Gasteiger partial charge is 0.391 e. The van der Waals surface area contributed by atoms with Crippen LogP contribution in [-0.2, 0) is 23.3 Å². The maximum Gasteiger partial charge on any atom is 0.155 e. The van der Waals surface area contributed by atoms with Crippen LogP contribution in [0.3, 0.4) is 0 Å². The van der Waals surface area contributed by atoms with E-state index in [0.29, 0.717) is 5.69 Å². The quantitative estimate of drug-likeness (QED) is 0.778. The van der Waals surface area contributed by atoms with Gasteiger partial charge >= 0.3 is 0 Å². The van der Waals surface area contributed by atoms with Crippen LogP contribution in [0.5, 0.6) is 0 Å². The molecule has 6 nitrogen and oxygen atoms in total. The van der Waals surface area contributed by atoms with E-state index >= 15 is 0 Å². The van der Waals surface area contributed by atoms with E-state index in [2.05, 4.69) is 10.3 Å². The van der Waals surface area contributed by atoms with Gasteiger partial charge in [0.25, 0.3) is 0 Å². The van der Waals surface area contributed by atoms with E-state index < -0.39 is 20.7 Å². The van der Waals surface area contributed by atoms with Gasteiger partial charge in [-0.3, -0.25) is 4.68 Å². The summed E-state index contributed by atoms with van der Waals surface area (Å²) in [5, 5.41) is 17.4. The van der Waals surface area contributed by atoms with Gasteiger partial charge in [-0.2, -0.15) is 0 Å². The van der Waals surface area contributed by atoms with E-state index in [1.807, 2.05) is 0 Å². The first-order valence-electron chi connectivity index (χ1n) is 4.87. The van der Waals surface area contributed by atoms with Gasteiger partial charge in [-0.15, -0.1) is 5.10 Å². The van der Waals surface area contributed by atoms with Crippen molar-refractivity contribution < 1.29 is 13.5 Å². The molecule has 0 aliphatic heterocycles. The van der Waals surface area contributed by atoms with Gasteiger partial charge in [0.1, 0.15) is 0 Å². The summed E-state index contributed by atoms with van der Waals surface area (Å²) >= 11 is 0. The zero-order valence-corrected chi connectivity index (χ0v) is 10.7. The van der Waals surface area contributed by atoms with E-state index in [9.17, 15) is 13.5 Å². The summed E-state index contributed by atoms with van der Waals surface area (Å²) in [5.74, 6) is 0. The molecule has 1 atom stereocenters. The Morgan fingerprint density at radius 3 is 2.50 bits per heavy atom. The lowest BCUT2D eigenvalue weighted by Crippen LogP contribution is -2.44. The highest BCUT2D eigenvalue weighted by Gasteiger charge is 2.38. The number of nitrogens with zero attached hydrogens (tertiary/aromatic N) is 3. The average molecular weight is 247 g/mol. The Labute approximate surface area is 95.2 Å². The zero-order valence-electron chi connectivity index (χ0n) is 9.88. The van der Waals surface area contributed by atoms with Gasteiger partial charge < -0.3 is 5.11 Å². The molecular weight excluding hydrogens is 230 g/mol. The Bertz CT molecular complexity index is 464. The van der Waals surface area contributed by atoms with Gasteiger partial charge in [0.15, 0.2) is 9.84 Å². The lowest BCUT2D eigenvalue weighted by molar-refractivity contribution is 0.137. The summed E-state index contributed by atoms with van der Waals surface area (Å²) in [6.07, 6.45) is 1.95. The SMILES string of the molecule is Cn1cc(CC(O)C(C)(C)S(C)(=O)=O)nn1. The highest BCUT2D eigenvalue weighted by molar-refractivity contribution is 7.92. The molecular formula is C9H17N3O3S. The molecule has 0 bridgehead atoms. The number of aliphatic hydroxyl groups excluding tert-OH is 1. The van der Waals surface area contributed by atoms with Crippen molar-refractivity contribution in [2.75, 3.05) is 6.26 Å². The van der Waals surface area contributed by atoms with Crippen molar-refractivity contribution in [3.05, 3.63) is 11.9 Å². The van der Waals surface area contributed by atoms with E-state index in [1.54, 1.807) is 13.2 Å². The topological polar surface area (TPSA) is 85.1 Å². The van der Waals surface area contributed by atoms with Crippen molar-refractivity contribution in [2.45, 2.75) is 31.1 Å². The average Bonchev–Trinajstić information content (AvgIpc) is 2.49. The number of aromatic nitrogens is 3.